The van der Waals surface area contributed by atoms with Crippen LogP contribution in [0.2, 0.25) is 0 Å². The maximum absolute atomic E-state index is 10.9. The predicted octanol–water partition coefficient (Wildman–Crippen LogP) is 2.15. The Morgan fingerprint density at radius 2 is 2.21 bits per heavy atom. The molecule has 1 aliphatic carbocycles. The van der Waals surface area contributed by atoms with Crippen LogP contribution in [-0.2, 0) is 14.9 Å². The first-order valence-electron chi connectivity index (χ1n) is 9.25. The van der Waals surface area contributed by atoms with Gasteiger partial charge in [-0.3, -0.25) is 4.79 Å². The van der Waals surface area contributed by atoms with Crippen LogP contribution in [0.4, 0.5) is 5.82 Å². The van der Waals surface area contributed by atoms with E-state index in [0.717, 1.165) is 38.2 Å². The van der Waals surface area contributed by atoms with Gasteiger partial charge >= 0.3 is 0 Å². The molecule has 3 rings (SSSR count). The van der Waals surface area contributed by atoms with E-state index in [1.807, 2.05) is 18.2 Å². The fourth-order valence-electron chi connectivity index (χ4n) is 3.40. The quantitative estimate of drug-likeness (QED) is 0.197. The van der Waals surface area contributed by atoms with Gasteiger partial charge in [0.05, 0.1) is 22.6 Å². The number of anilines is 1. The minimum Gasteiger partial charge on any atom is -0.380 e. The van der Waals surface area contributed by atoms with E-state index in [1.165, 1.54) is 6.08 Å². The maximum atomic E-state index is 10.9. The maximum Gasteiger partial charge on any atom is 0.146 e. The Morgan fingerprint density at radius 1 is 1.36 bits per heavy atom. The molecule has 1 aliphatic heterocycles. The van der Waals surface area contributed by atoms with E-state index in [1.54, 1.807) is 12.3 Å². The predicted molar refractivity (Wildman–Crippen MR) is 114 cm³/mol. The molecule has 2 unspecified atom stereocenters. The summed E-state index contributed by atoms with van der Waals surface area (Å²) in [7, 11) is 0. The summed E-state index contributed by atoms with van der Waals surface area (Å²) in [5.41, 5.74) is 0.0770. The molecule has 0 spiro atoms. The summed E-state index contributed by atoms with van der Waals surface area (Å²) in [6, 6.07) is 0. The highest BCUT2D eigenvalue weighted by molar-refractivity contribution is 7.80. The minimum atomic E-state index is -0.528. The van der Waals surface area contributed by atoms with E-state index < -0.39 is 5.41 Å². The Balaban J connectivity index is 2.13. The number of aldehydes is 1. The average Bonchev–Trinajstić information content (AvgIpc) is 2.98. The molecule has 0 radical (unpaired) electrons. The molecule has 2 atom stereocenters. The largest absolute Gasteiger partial charge is 0.380 e. The standard InChI is InChI=1S/C20H25N5O2S/c1-20(8-3-2-6-15(20)14-22-21)19-23-16(7-4-11-26)17(28)18(24-19)25-9-5-12-27-13-10-25/h2-4,6-8,11,14-15,28H,5,9-10,12-13,21H2,1H3/b7-4+,22-14-. The second-order valence-electron chi connectivity index (χ2n) is 6.90. The fraction of sp³-hybridized carbons (Fsp3) is 0.400. The van der Waals surface area contributed by atoms with Gasteiger partial charge in [-0.15, -0.1) is 12.6 Å². The summed E-state index contributed by atoms with van der Waals surface area (Å²) in [6.45, 7) is 4.96. The molecule has 7 nitrogen and oxygen atoms in total. The zero-order valence-corrected chi connectivity index (χ0v) is 16.8. The number of nitrogens with two attached hydrogens (primary N) is 1. The van der Waals surface area contributed by atoms with E-state index in [0.29, 0.717) is 23.0 Å². The van der Waals surface area contributed by atoms with E-state index >= 15 is 0 Å². The fourth-order valence-corrected chi connectivity index (χ4v) is 3.71. The molecular weight excluding hydrogens is 374 g/mol. The lowest BCUT2D eigenvalue weighted by Gasteiger charge is -2.33. The number of nitrogens with zero attached hydrogens (tertiary/aromatic N) is 4. The van der Waals surface area contributed by atoms with Gasteiger partial charge in [0.25, 0.3) is 0 Å². The normalized spacial score (nSPS) is 25.5. The highest BCUT2D eigenvalue weighted by atomic mass is 32.1. The molecule has 1 saturated heterocycles. The summed E-state index contributed by atoms with van der Waals surface area (Å²) in [6.07, 6.45) is 14.4. The van der Waals surface area contributed by atoms with E-state index in [2.05, 4.69) is 35.6 Å². The second-order valence-corrected chi connectivity index (χ2v) is 7.35. The lowest BCUT2D eigenvalue weighted by molar-refractivity contribution is -0.104. The van der Waals surface area contributed by atoms with Crippen LogP contribution in [0.15, 0.2) is 40.4 Å². The Hall–Kier alpha value is -2.45. The molecule has 1 aromatic heterocycles. The van der Waals surface area contributed by atoms with Crippen LogP contribution in [-0.4, -0.2) is 48.8 Å². The van der Waals surface area contributed by atoms with E-state index in [4.69, 9.17) is 20.5 Å². The van der Waals surface area contributed by atoms with Gasteiger partial charge in [0.15, 0.2) is 0 Å². The van der Waals surface area contributed by atoms with Crippen molar-refractivity contribution in [1.82, 2.24) is 9.97 Å². The molecule has 2 heterocycles. The van der Waals surface area contributed by atoms with Crippen molar-refractivity contribution >= 4 is 37.0 Å². The SMILES string of the molecule is CC1(c2nc(/C=C/C=O)c(S)c(N3CCCOCC3)n2)C=CC=CC1/C=N\N. The molecular formula is C20H25N5O2S. The van der Waals surface area contributed by atoms with Gasteiger partial charge in [-0.2, -0.15) is 5.10 Å². The highest BCUT2D eigenvalue weighted by Crippen LogP contribution is 2.37. The van der Waals surface area contributed by atoms with Gasteiger partial charge in [0.2, 0.25) is 0 Å². The highest BCUT2D eigenvalue weighted by Gasteiger charge is 2.36. The lowest BCUT2D eigenvalue weighted by atomic mass is 9.74. The van der Waals surface area contributed by atoms with Crippen LogP contribution in [0.5, 0.6) is 0 Å². The number of thiol groups is 1. The van der Waals surface area contributed by atoms with Gasteiger partial charge in [-0.25, -0.2) is 9.97 Å². The Kier molecular flexibility index (Phi) is 6.64. The van der Waals surface area contributed by atoms with Gasteiger partial charge in [0.1, 0.15) is 17.9 Å². The summed E-state index contributed by atoms with van der Waals surface area (Å²) in [4.78, 5) is 23.3. The summed E-state index contributed by atoms with van der Waals surface area (Å²) < 4.78 is 5.57. The van der Waals surface area contributed by atoms with Crippen LogP contribution in [0.3, 0.4) is 0 Å². The third-order valence-corrected chi connectivity index (χ3v) is 5.47. The summed E-state index contributed by atoms with van der Waals surface area (Å²) in [5.74, 6) is 6.72. The first kappa shape index (κ1) is 20.3. The topological polar surface area (TPSA) is 93.7 Å². The van der Waals surface area contributed by atoms with E-state index in [-0.39, 0.29) is 5.92 Å². The molecule has 28 heavy (non-hydrogen) atoms. The smallest absolute Gasteiger partial charge is 0.146 e. The van der Waals surface area contributed by atoms with Gasteiger partial charge in [0, 0.05) is 31.8 Å². The third-order valence-electron chi connectivity index (χ3n) is 5.04. The average molecular weight is 400 g/mol. The van der Waals surface area contributed by atoms with Gasteiger partial charge in [-0.05, 0) is 25.5 Å². The van der Waals surface area contributed by atoms with Crippen LogP contribution in [0.25, 0.3) is 6.08 Å². The van der Waals surface area contributed by atoms with Crippen LogP contribution < -0.4 is 10.7 Å². The summed E-state index contributed by atoms with van der Waals surface area (Å²) in [5, 5.41) is 3.73. The number of hydrogen-bond acceptors (Lipinski definition) is 8. The Morgan fingerprint density at radius 3 is 3.00 bits per heavy atom. The molecule has 8 heteroatoms. The number of hydrazone groups is 1. The van der Waals surface area contributed by atoms with Crippen molar-refractivity contribution < 1.29 is 9.53 Å². The number of carbonyl (C=O) groups is 1. The number of ether oxygens (including phenoxy) is 1. The monoisotopic (exact) mass is 399 g/mol. The molecule has 148 valence electrons. The van der Waals surface area contributed by atoms with Crippen molar-refractivity contribution in [3.63, 3.8) is 0 Å². The Bertz CT molecular complexity index is 828. The van der Waals surface area contributed by atoms with Gasteiger partial charge < -0.3 is 15.5 Å². The van der Waals surface area contributed by atoms with E-state index in [9.17, 15) is 4.79 Å². The number of carbonyl (C=O) groups excluding carboxylic acids is 1. The first-order chi connectivity index (χ1) is 13.6. The molecule has 0 bridgehead atoms. The van der Waals surface area contributed by atoms with Crippen molar-refractivity contribution in [2.75, 3.05) is 31.2 Å². The molecule has 0 saturated carbocycles. The van der Waals surface area contributed by atoms with Crippen molar-refractivity contribution in [2.24, 2.45) is 16.9 Å². The molecule has 2 aliphatic rings. The minimum absolute atomic E-state index is 0.0866. The van der Waals surface area contributed by atoms with Crippen LogP contribution >= 0.6 is 12.6 Å². The second kappa shape index (κ2) is 9.16. The molecule has 1 fully saturated rings. The van der Waals surface area contributed by atoms with Crippen molar-refractivity contribution in [3.8, 4) is 0 Å². The molecule has 1 aromatic rings. The van der Waals surface area contributed by atoms with Crippen molar-refractivity contribution in [3.05, 3.63) is 41.9 Å². The lowest BCUT2D eigenvalue weighted by Crippen LogP contribution is -2.35. The molecule has 0 amide bonds. The van der Waals surface area contributed by atoms with Crippen molar-refractivity contribution in [2.45, 2.75) is 23.7 Å². The number of allylic oxidation sites excluding steroid dienone is 5. The number of hydrogen-bond donors (Lipinski definition) is 2. The van der Waals surface area contributed by atoms with Crippen LogP contribution in [0, 0.1) is 5.92 Å². The Labute approximate surface area is 170 Å². The zero-order chi connectivity index (χ0) is 20.0. The number of aromatic nitrogens is 2. The molecule has 0 aromatic carbocycles. The zero-order valence-electron chi connectivity index (χ0n) is 15.9. The van der Waals surface area contributed by atoms with Gasteiger partial charge in [-0.1, -0.05) is 24.3 Å². The third kappa shape index (κ3) is 4.18. The summed E-state index contributed by atoms with van der Waals surface area (Å²) >= 11 is 4.68. The number of rotatable bonds is 5. The van der Waals surface area contributed by atoms with Crippen molar-refractivity contribution in [1.29, 1.82) is 0 Å². The first-order valence-corrected chi connectivity index (χ1v) is 9.70. The molecule has 2 N–H and O–H groups in total. The van der Waals surface area contributed by atoms with Crippen LogP contribution in [0.1, 0.15) is 24.9 Å².